The lowest BCUT2D eigenvalue weighted by atomic mass is 9.82. The Morgan fingerprint density at radius 1 is 1.25 bits per heavy atom. The Balaban J connectivity index is 1.29. The topological polar surface area (TPSA) is 54.1 Å². The fraction of sp³-hybridized carbons (Fsp3) is 0.550. The Kier molecular flexibility index (Phi) is 4.31. The number of amides is 1. The Morgan fingerprint density at radius 2 is 2.08 bits per heavy atom. The third-order valence-electron chi connectivity index (χ3n) is 5.64. The number of hydrogen-bond donors (Lipinski definition) is 2. The minimum Gasteiger partial charge on any atom is -0.373 e. The maximum absolute atomic E-state index is 12.3. The molecule has 1 aliphatic heterocycles. The van der Waals surface area contributed by atoms with E-state index in [0.29, 0.717) is 13.0 Å². The van der Waals surface area contributed by atoms with Gasteiger partial charge in [0.2, 0.25) is 5.91 Å². The second kappa shape index (κ2) is 6.60. The number of rotatable bonds is 4. The molecule has 4 rings (SSSR count). The smallest absolute Gasteiger partial charge is 0.220 e. The van der Waals surface area contributed by atoms with Crippen LogP contribution in [-0.4, -0.2) is 29.1 Å². The van der Waals surface area contributed by atoms with E-state index in [2.05, 4.69) is 22.4 Å². The molecule has 2 N–H and O–H groups in total. The van der Waals surface area contributed by atoms with Crippen LogP contribution in [0, 0.1) is 0 Å². The predicted octanol–water partition coefficient (Wildman–Crippen LogP) is 3.71. The number of aromatic nitrogens is 1. The van der Waals surface area contributed by atoms with Gasteiger partial charge in [-0.15, -0.1) is 0 Å². The van der Waals surface area contributed by atoms with Crippen LogP contribution in [-0.2, 0) is 16.0 Å². The van der Waals surface area contributed by atoms with Gasteiger partial charge in [0.25, 0.3) is 0 Å². The molecule has 1 unspecified atom stereocenters. The highest BCUT2D eigenvalue weighted by Gasteiger charge is 2.41. The first-order valence-corrected chi connectivity index (χ1v) is 9.22. The molecule has 0 radical (unpaired) electrons. The maximum Gasteiger partial charge on any atom is 0.220 e. The van der Waals surface area contributed by atoms with Crippen molar-refractivity contribution >= 4 is 16.8 Å². The summed E-state index contributed by atoms with van der Waals surface area (Å²) in [5.74, 6) is 0.141. The number of nitrogens with one attached hydrogen (secondary N) is 2. The molecule has 1 aliphatic carbocycles. The van der Waals surface area contributed by atoms with Gasteiger partial charge in [0.05, 0.1) is 18.2 Å². The molecule has 2 fully saturated rings. The lowest BCUT2D eigenvalue weighted by Crippen LogP contribution is -2.37. The van der Waals surface area contributed by atoms with Crippen LogP contribution in [0.5, 0.6) is 0 Å². The van der Waals surface area contributed by atoms with Gasteiger partial charge in [-0.25, -0.2) is 0 Å². The van der Waals surface area contributed by atoms with E-state index < -0.39 is 0 Å². The third kappa shape index (κ3) is 3.20. The summed E-state index contributed by atoms with van der Waals surface area (Å²) < 4.78 is 6.08. The van der Waals surface area contributed by atoms with E-state index in [1.165, 1.54) is 30.2 Å². The zero-order valence-electron chi connectivity index (χ0n) is 14.1. The highest BCUT2D eigenvalue weighted by molar-refractivity contribution is 5.84. The second-order valence-electron chi connectivity index (χ2n) is 7.38. The van der Waals surface area contributed by atoms with E-state index in [9.17, 15) is 4.79 Å². The minimum atomic E-state index is 0.0625. The number of benzene rings is 1. The van der Waals surface area contributed by atoms with Crippen LogP contribution in [0.1, 0.15) is 50.5 Å². The number of ether oxygens (including phenoxy) is 1. The SMILES string of the molecule is O=C(CCc1c[nH]c2ccccc12)NC1COC2(CCCCC2)C1. The molecular formula is C20H26N2O2. The van der Waals surface area contributed by atoms with Crippen molar-refractivity contribution in [2.45, 2.75) is 63.0 Å². The molecule has 128 valence electrons. The summed E-state index contributed by atoms with van der Waals surface area (Å²) in [6, 6.07) is 8.43. The lowest BCUT2D eigenvalue weighted by molar-refractivity contribution is -0.121. The van der Waals surface area contributed by atoms with Gasteiger partial charge in [-0.1, -0.05) is 37.5 Å². The first kappa shape index (κ1) is 15.7. The summed E-state index contributed by atoms with van der Waals surface area (Å²) in [7, 11) is 0. The number of hydrogen-bond acceptors (Lipinski definition) is 2. The van der Waals surface area contributed by atoms with Gasteiger partial charge in [0, 0.05) is 23.5 Å². The van der Waals surface area contributed by atoms with Crippen molar-refractivity contribution < 1.29 is 9.53 Å². The molecule has 2 heterocycles. The number of aromatic amines is 1. The van der Waals surface area contributed by atoms with Gasteiger partial charge < -0.3 is 15.0 Å². The molecule has 1 aromatic carbocycles. The van der Waals surface area contributed by atoms with Crippen LogP contribution in [0.4, 0.5) is 0 Å². The van der Waals surface area contributed by atoms with Crippen LogP contribution < -0.4 is 5.32 Å². The highest BCUT2D eigenvalue weighted by Crippen LogP contribution is 2.39. The number of H-pyrrole nitrogens is 1. The summed E-state index contributed by atoms with van der Waals surface area (Å²) in [5, 5.41) is 4.41. The van der Waals surface area contributed by atoms with Crippen molar-refractivity contribution in [2.24, 2.45) is 0 Å². The number of para-hydroxylation sites is 1. The molecule has 1 atom stereocenters. The highest BCUT2D eigenvalue weighted by atomic mass is 16.5. The average molecular weight is 326 g/mol. The van der Waals surface area contributed by atoms with Crippen LogP contribution in [0.25, 0.3) is 10.9 Å². The number of carbonyl (C=O) groups excluding carboxylic acids is 1. The monoisotopic (exact) mass is 326 g/mol. The summed E-state index contributed by atoms with van der Waals surface area (Å²) in [5.41, 5.74) is 2.41. The van der Waals surface area contributed by atoms with Crippen molar-refractivity contribution in [3.05, 3.63) is 36.0 Å². The van der Waals surface area contributed by atoms with Crippen LogP contribution in [0.3, 0.4) is 0 Å². The van der Waals surface area contributed by atoms with Crippen molar-refractivity contribution in [1.82, 2.24) is 10.3 Å². The van der Waals surface area contributed by atoms with Gasteiger partial charge in [-0.3, -0.25) is 4.79 Å². The standard InChI is InChI=1S/C20H26N2O2/c23-19(9-8-15-13-21-18-7-3-2-6-17(15)18)22-16-12-20(24-14-16)10-4-1-5-11-20/h2-3,6-7,13,16,21H,1,4-5,8-12,14H2,(H,22,23). The van der Waals surface area contributed by atoms with Crippen molar-refractivity contribution in [3.8, 4) is 0 Å². The molecule has 1 spiro atoms. The number of aryl methyl sites for hydroxylation is 1. The summed E-state index contributed by atoms with van der Waals surface area (Å²) in [4.78, 5) is 15.6. The van der Waals surface area contributed by atoms with Crippen molar-refractivity contribution in [3.63, 3.8) is 0 Å². The van der Waals surface area contributed by atoms with E-state index >= 15 is 0 Å². The lowest BCUT2D eigenvalue weighted by Gasteiger charge is -2.32. The molecule has 0 bridgehead atoms. The first-order chi connectivity index (χ1) is 11.7. The Bertz CT molecular complexity index is 715. The van der Waals surface area contributed by atoms with Gasteiger partial charge in [-0.05, 0) is 37.3 Å². The van der Waals surface area contributed by atoms with E-state index in [0.717, 1.165) is 31.2 Å². The molecule has 4 nitrogen and oxygen atoms in total. The molecular weight excluding hydrogens is 300 g/mol. The van der Waals surface area contributed by atoms with Crippen LogP contribution in [0.15, 0.2) is 30.5 Å². The van der Waals surface area contributed by atoms with Crippen LogP contribution >= 0.6 is 0 Å². The molecule has 1 amide bonds. The van der Waals surface area contributed by atoms with E-state index in [4.69, 9.17) is 4.74 Å². The molecule has 2 aliphatic rings. The summed E-state index contributed by atoms with van der Waals surface area (Å²) >= 11 is 0. The van der Waals surface area contributed by atoms with Crippen molar-refractivity contribution in [2.75, 3.05) is 6.61 Å². The molecule has 1 aromatic heterocycles. The summed E-state index contributed by atoms with van der Waals surface area (Å²) in [6.45, 7) is 0.679. The Hall–Kier alpha value is -1.81. The fourth-order valence-electron chi connectivity index (χ4n) is 4.37. The fourth-order valence-corrected chi connectivity index (χ4v) is 4.37. The number of carbonyl (C=O) groups is 1. The van der Waals surface area contributed by atoms with E-state index in [-0.39, 0.29) is 17.6 Å². The van der Waals surface area contributed by atoms with E-state index in [1.54, 1.807) is 0 Å². The van der Waals surface area contributed by atoms with Crippen LogP contribution in [0.2, 0.25) is 0 Å². The molecule has 2 aromatic rings. The minimum absolute atomic E-state index is 0.0625. The molecule has 1 saturated heterocycles. The molecule has 4 heteroatoms. The quantitative estimate of drug-likeness (QED) is 0.900. The zero-order valence-corrected chi connectivity index (χ0v) is 14.1. The molecule has 1 saturated carbocycles. The largest absolute Gasteiger partial charge is 0.373 e. The number of fused-ring (bicyclic) bond motifs is 1. The Labute approximate surface area is 143 Å². The van der Waals surface area contributed by atoms with E-state index in [1.807, 2.05) is 18.3 Å². The first-order valence-electron chi connectivity index (χ1n) is 9.22. The second-order valence-corrected chi connectivity index (χ2v) is 7.38. The predicted molar refractivity (Wildman–Crippen MR) is 94.9 cm³/mol. The van der Waals surface area contributed by atoms with Gasteiger partial charge in [0.1, 0.15) is 0 Å². The molecule has 24 heavy (non-hydrogen) atoms. The van der Waals surface area contributed by atoms with Crippen molar-refractivity contribution in [1.29, 1.82) is 0 Å². The Morgan fingerprint density at radius 3 is 2.96 bits per heavy atom. The normalized spacial score (nSPS) is 22.9. The van der Waals surface area contributed by atoms with Gasteiger partial charge >= 0.3 is 0 Å². The zero-order chi connectivity index (χ0) is 16.4. The summed E-state index contributed by atoms with van der Waals surface area (Å²) in [6.07, 6.45) is 10.5. The van der Waals surface area contributed by atoms with Gasteiger partial charge in [0.15, 0.2) is 0 Å². The maximum atomic E-state index is 12.3. The average Bonchev–Trinajstić information content (AvgIpc) is 3.18. The van der Waals surface area contributed by atoms with Gasteiger partial charge in [-0.2, -0.15) is 0 Å². The third-order valence-corrected chi connectivity index (χ3v) is 5.64.